The molecule has 2 aromatic heterocycles. The number of hydrogen-bond acceptors (Lipinski definition) is 6. The van der Waals surface area contributed by atoms with Gasteiger partial charge in [-0.2, -0.15) is 0 Å². The lowest BCUT2D eigenvalue weighted by Crippen LogP contribution is -2.48. The molecule has 0 bridgehead atoms. The van der Waals surface area contributed by atoms with E-state index in [1.54, 1.807) is 18.9 Å². The van der Waals surface area contributed by atoms with E-state index in [1.165, 1.54) is 10.9 Å². The van der Waals surface area contributed by atoms with Gasteiger partial charge in [-0.15, -0.1) is 0 Å². The molecular formula is C22H25ClN4O4. The number of rotatable bonds is 6. The van der Waals surface area contributed by atoms with Crippen LogP contribution < -0.4 is 5.56 Å². The second-order valence-electron chi connectivity index (χ2n) is 7.61. The van der Waals surface area contributed by atoms with Crippen LogP contribution in [0.15, 0.2) is 39.8 Å². The standard InChI is InChI=1S/C22H25ClN4O4/c1-15-18(19-20(31-15)24-14-27(22(19)29)11-12-30-2)21(28)26-9-7-25(8-10-26)13-16-5-3-4-6-17(16)23/h3-6,14H,7-13H2,1-2H3. The number of ether oxygens (including phenoxy) is 1. The maximum atomic E-state index is 13.3. The molecule has 3 heterocycles. The third-order valence-electron chi connectivity index (χ3n) is 5.62. The molecule has 1 saturated heterocycles. The molecule has 0 spiro atoms. The number of halogens is 1. The molecule has 9 heteroatoms. The lowest BCUT2D eigenvalue weighted by Gasteiger charge is -2.34. The summed E-state index contributed by atoms with van der Waals surface area (Å²) in [5.74, 6) is 0.213. The largest absolute Gasteiger partial charge is 0.442 e. The van der Waals surface area contributed by atoms with Crippen molar-refractivity contribution >= 4 is 28.6 Å². The summed E-state index contributed by atoms with van der Waals surface area (Å²) in [6.45, 7) is 5.74. The topological polar surface area (TPSA) is 80.8 Å². The van der Waals surface area contributed by atoms with E-state index >= 15 is 0 Å². The number of aryl methyl sites for hydroxylation is 1. The first-order valence-electron chi connectivity index (χ1n) is 10.2. The number of hydrogen-bond donors (Lipinski definition) is 0. The normalized spacial score (nSPS) is 15.0. The predicted octanol–water partition coefficient (Wildman–Crippen LogP) is 2.56. The molecule has 164 valence electrons. The molecule has 0 aliphatic carbocycles. The highest BCUT2D eigenvalue weighted by Gasteiger charge is 2.29. The van der Waals surface area contributed by atoms with Crippen molar-refractivity contribution < 1.29 is 13.9 Å². The number of amides is 1. The molecule has 1 fully saturated rings. The number of piperazine rings is 1. The van der Waals surface area contributed by atoms with E-state index in [0.29, 0.717) is 37.6 Å². The van der Waals surface area contributed by atoms with E-state index in [4.69, 9.17) is 20.8 Å². The Morgan fingerprint density at radius 1 is 1.23 bits per heavy atom. The second kappa shape index (κ2) is 9.21. The molecular weight excluding hydrogens is 420 g/mol. The molecule has 31 heavy (non-hydrogen) atoms. The van der Waals surface area contributed by atoms with Gasteiger partial charge in [0.15, 0.2) is 0 Å². The van der Waals surface area contributed by atoms with Crippen LogP contribution in [0.1, 0.15) is 21.7 Å². The van der Waals surface area contributed by atoms with Gasteiger partial charge in [0, 0.05) is 44.9 Å². The van der Waals surface area contributed by atoms with Crippen molar-refractivity contribution in [1.82, 2.24) is 19.4 Å². The van der Waals surface area contributed by atoms with Crippen LogP contribution in [0.3, 0.4) is 0 Å². The number of benzene rings is 1. The first-order chi connectivity index (χ1) is 15.0. The smallest absolute Gasteiger partial charge is 0.265 e. The summed E-state index contributed by atoms with van der Waals surface area (Å²) in [5.41, 5.74) is 1.28. The number of nitrogens with zero attached hydrogens (tertiary/aromatic N) is 4. The van der Waals surface area contributed by atoms with Gasteiger partial charge in [-0.05, 0) is 18.6 Å². The van der Waals surface area contributed by atoms with E-state index in [0.717, 1.165) is 30.2 Å². The van der Waals surface area contributed by atoms with Crippen LogP contribution in [-0.2, 0) is 17.8 Å². The molecule has 1 aromatic carbocycles. The van der Waals surface area contributed by atoms with Crippen LogP contribution in [0.5, 0.6) is 0 Å². The molecule has 1 amide bonds. The molecule has 4 rings (SSSR count). The lowest BCUT2D eigenvalue weighted by atomic mass is 10.1. The maximum absolute atomic E-state index is 13.3. The van der Waals surface area contributed by atoms with Gasteiger partial charge >= 0.3 is 0 Å². The summed E-state index contributed by atoms with van der Waals surface area (Å²) >= 11 is 6.28. The zero-order valence-corrected chi connectivity index (χ0v) is 18.4. The minimum Gasteiger partial charge on any atom is -0.442 e. The van der Waals surface area contributed by atoms with Gasteiger partial charge in [-0.25, -0.2) is 4.98 Å². The molecule has 0 unspecified atom stereocenters. The second-order valence-corrected chi connectivity index (χ2v) is 8.02. The van der Waals surface area contributed by atoms with Crippen molar-refractivity contribution in [2.45, 2.75) is 20.0 Å². The van der Waals surface area contributed by atoms with Crippen molar-refractivity contribution in [2.75, 3.05) is 39.9 Å². The van der Waals surface area contributed by atoms with E-state index in [-0.39, 0.29) is 22.6 Å². The van der Waals surface area contributed by atoms with Gasteiger partial charge < -0.3 is 14.1 Å². The molecule has 0 atom stereocenters. The third-order valence-corrected chi connectivity index (χ3v) is 5.98. The van der Waals surface area contributed by atoms with E-state index < -0.39 is 0 Å². The fourth-order valence-electron chi connectivity index (χ4n) is 3.88. The monoisotopic (exact) mass is 444 g/mol. The number of carbonyl (C=O) groups excluding carboxylic acids is 1. The molecule has 1 aliphatic rings. The number of carbonyl (C=O) groups is 1. The summed E-state index contributed by atoms with van der Waals surface area (Å²) in [5, 5.41) is 0.985. The van der Waals surface area contributed by atoms with Crippen LogP contribution >= 0.6 is 11.6 Å². The number of aromatic nitrogens is 2. The zero-order valence-electron chi connectivity index (χ0n) is 17.6. The zero-order chi connectivity index (χ0) is 22.0. The van der Waals surface area contributed by atoms with E-state index in [9.17, 15) is 9.59 Å². The van der Waals surface area contributed by atoms with Crippen molar-refractivity contribution in [1.29, 1.82) is 0 Å². The maximum Gasteiger partial charge on any atom is 0.265 e. The first-order valence-corrected chi connectivity index (χ1v) is 10.6. The summed E-state index contributed by atoms with van der Waals surface area (Å²) in [6.07, 6.45) is 1.42. The Hall–Kier alpha value is -2.68. The van der Waals surface area contributed by atoms with Gasteiger partial charge in [0.05, 0.1) is 18.7 Å². The van der Waals surface area contributed by atoms with Gasteiger partial charge in [-0.3, -0.25) is 19.1 Å². The van der Waals surface area contributed by atoms with Crippen molar-refractivity contribution in [3.8, 4) is 0 Å². The van der Waals surface area contributed by atoms with Crippen LogP contribution in [0.25, 0.3) is 11.1 Å². The number of methoxy groups -OCH3 is 1. The molecule has 3 aromatic rings. The number of fused-ring (bicyclic) bond motifs is 1. The fourth-order valence-corrected chi connectivity index (χ4v) is 4.07. The predicted molar refractivity (Wildman–Crippen MR) is 118 cm³/mol. The Morgan fingerprint density at radius 3 is 2.68 bits per heavy atom. The summed E-state index contributed by atoms with van der Waals surface area (Å²) in [4.78, 5) is 34.5. The average Bonchev–Trinajstić information content (AvgIpc) is 3.11. The van der Waals surface area contributed by atoms with Gasteiger partial charge in [-0.1, -0.05) is 29.8 Å². The van der Waals surface area contributed by atoms with Gasteiger partial charge in [0.2, 0.25) is 5.71 Å². The van der Waals surface area contributed by atoms with Crippen LogP contribution in [0.2, 0.25) is 5.02 Å². The Bertz CT molecular complexity index is 1150. The van der Waals surface area contributed by atoms with Crippen molar-refractivity contribution in [2.24, 2.45) is 0 Å². The van der Waals surface area contributed by atoms with Crippen LogP contribution in [-0.4, -0.2) is 65.2 Å². The molecule has 1 aliphatic heterocycles. The molecule has 8 nitrogen and oxygen atoms in total. The van der Waals surface area contributed by atoms with Gasteiger partial charge in [0.1, 0.15) is 17.5 Å². The SMILES string of the molecule is COCCn1cnc2oc(C)c(C(=O)N3CCN(Cc4ccccc4Cl)CC3)c2c1=O. The highest BCUT2D eigenvalue weighted by molar-refractivity contribution is 6.31. The summed E-state index contributed by atoms with van der Waals surface area (Å²) in [7, 11) is 1.57. The fraction of sp³-hybridized carbons (Fsp3) is 0.409. The minimum atomic E-state index is -0.292. The Kier molecular flexibility index (Phi) is 6.41. The van der Waals surface area contributed by atoms with Crippen LogP contribution in [0.4, 0.5) is 0 Å². The summed E-state index contributed by atoms with van der Waals surface area (Å²) in [6, 6.07) is 7.79. The lowest BCUT2D eigenvalue weighted by molar-refractivity contribution is 0.0628. The van der Waals surface area contributed by atoms with Crippen LogP contribution in [0, 0.1) is 6.92 Å². The molecule has 0 saturated carbocycles. The minimum absolute atomic E-state index is 0.192. The average molecular weight is 445 g/mol. The Balaban J connectivity index is 1.52. The van der Waals surface area contributed by atoms with Gasteiger partial charge in [0.25, 0.3) is 11.5 Å². The third kappa shape index (κ3) is 4.37. The van der Waals surface area contributed by atoms with Crippen molar-refractivity contribution in [3.05, 3.63) is 62.9 Å². The molecule has 0 radical (unpaired) electrons. The quantitative estimate of drug-likeness (QED) is 0.581. The van der Waals surface area contributed by atoms with Crippen molar-refractivity contribution in [3.63, 3.8) is 0 Å². The number of furan rings is 1. The van der Waals surface area contributed by atoms with E-state index in [1.807, 2.05) is 24.3 Å². The van der Waals surface area contributed by atoms with E-state index in [2.05, 4.69) is 9.88 Å². The Labute approximate surface area is 185 Å². The highest BCUT2D eigenvalue weighted by atomic mass is 35.5. The first kappa shape index (κ1) is 21.5. The molecule has 0 N–H and O–H groups in total. The summed E-state index contributed by atoms with van der Waals surface area (Å²) < 4.78 is 12.1. The Morgan fingerprint density at radius 2 is 1.97 bits per heavy atom. The highest BCUT2D eigenvalue weighted by Crippen LogP contribution is 2.24.